The topological polar surface area (TPSA) is 63.2 Å². The highest BCUT2D eigenvalue weighted by Crippen LogP contribution is 2.18. The van der Waals surface area contributed by atoms with Gasteiger partial charge < -0.3 is 19.7 Å². The van der Waals surface area contributed by atoms with Crippen molar-refractivity contribution >= 4 is 35.9 Å². The van der Waals surface area contributed by atoms with Gasteiger partial charge in [0.25, 0.3) is 0 Å². The second-order valence-electron chi connectivity index (χ2n) is 5.91. The van der Waals surface area contributed by atoms with E-state index in [4.69, 9.17) is 9.47 Å². The molecule has 0 unspecified atom stereocenters. The Hall–Kier alpha value is -0.570. The van der Waals surface area contributed by atoms with Crippen molar-refractivity contribution in [2.24, 2.45) is 10.9 Å². The first kappa shape index (κ1) is 23.4. The van der Waals surface area contributed by atoms with Crippen LogP contribution in [0.25, 0.3) is 0 Å². The van der Waals surface area contributed by atoms with Gasteiger partial charge >= 0.3 is 5.97 Å². The van der Waals surface area contributed by atoms with Crippen LogP contribution in [0.4, 0.5) is 0 Å². The zero-order valence-corrected chi connectivity index (χ0v) is 17.7. The Balaban J connectivity index is 0.00000529. The molecule has 0 aromatic heterocycles. The number of guanidine groups is 1. The highest BCUT2D eigenvalue weighted by Gasteiger charge is 2.15. The van der Waals surface area contributed by atoms with E-state index in [1.54, 1.807) is 0 Å². The molecule has 0 radical (unpaired) electrons. The van der Waals surface area contributed by atoms with Crippen LogP contribution in [0.3, 0.4) is 0 Å². The van der Waals surface area contributed by atoms with Gasteiger partial charge in [0.05, 0.1) is 6.61 Å². The molecule has 142 valence electrons. The summed E-state index contributed by atoms with van der Waals surface area (Å²) < 4.78 is 10.3. The lowest BCUT2D eigenvalue weighted by molar-refractivity contribution is -0.143. The zero-order valence-electron chi connectivity index (χ0n) is 15.4. The minimum atomic E-state index is -0.138. The standard InChI is InChI=1S/C17H33N3O3.HI/c1-4-18-17(19-11-6-7-16(21)23-5-2)20(3)12-8-15-9-13-22-14-10-15;/h15H,4-14H2,1-3H3,(H,18,19);1H. The Morgan fingerprint density at radius 1 is 1.33 bits per heavy atom. The van der Waals surface area contributed by atoms with E-state index < -0.39 is 0 Å². The van der Waals surface area contributed by atoms with Crippen molar-refractivity contribution in [3.8, 4) is 0 Å². The minimum Gasteiger partial charge on any atom is -0.466 e. The summed E-state index contributed by atoms with van der Waals surface area (Å²) in [5, 5.41) is 3.32. The van der Waals surface area contributed by atoms with Gasteiger partial charge in [-0.15, -0.1) is 24.0 Å². The maximum atomic E-state index is 11.3. The number of esters is 1. The number of hydrogen-bond acceptors (Lipinski definition) is 4. The fraction of sp³-hybridized carbons (Fsp3) is 0.882. The van der Waals surface area contributed by atoms with E-state index in [9.17, 15) is 4.79 Å². The predicted octanol–water partition coefficient (Wildman–Crippen LogP) is 2.66. The Morgan fingerprint density at radius 2 is 2.04 bits per heavy atom. The molecule has 0 saturated carbocycles. The fourth-order valence-electron chi connectivity index (χ4n) is 2.63. The van der Waals surface area contributed by atoms with Crippen LogP contribution in [0.5, 0.6) is 0 Å². The number of nitrogens with one attached hydrogen (secondary N) is 1. The third-order valence-corrected chi connectivity index (χ3v) is 4.02. The van der Waals surface area contributed by atoms with E-state index in [0.717, 1.165) is 44.6 Å². The van der Waals surface area contributed by atoms with Gasteiger partial charge in [-0.25, -0.2) is 0 Å². The summed E-state index contributed by atoms with van der Waals surface area (Å²) in [6.45, 7) is 8.62. The fourth-order valence-corrected chi connectivity index (χ4v) is 2.63. The van der Waals surface area contributed by atoms with Gasteiger partial charge in [-0.3, -0.25) is 9.79 Å². The molecule has 1 aliphatic heterocycles. The molecule has 0 bridgehead atoms. The van der Waals surface area contributed by atoms with Crippen LogP contribution < -0.4 is 5.32 Å². The first-order chi connectivity index (χ1) is 11.2. The van der Waals surface area contributed by atoms with Crippen LogP contribution >= 0.6 is 24.0 Å². The molecule has 7 heteroatoms. The van der Waals surface area contributed by atoms with E-state index in [2.05, 4.69) is 29.2 Å². The molecule has 0 aromatic carbocycles. The van der Waals surface area contributed by atoms with Crippen LogP contribution in [0.1, 0.15) is 46.0 Å². The highest BCUT2D eigenvalue weighted by molar-refractivity contribution is 14.0. The maximum absolute atomic E-state index is 11.3. The Morgan fingerprint density at radius 3 is 2.67 bits per heavy atom. The summed E-state index contributed by atoms with van der Waals surface area (Å²) >= 11 is 0. The van der Waals surface area contributed by atoms with Crippen LogP contribution in [0.15, 0.2) is 4.99 Å². The van der Waals surface area contributed by atoms with E-state index in [-0.39, 0.29) is 29.9 Å². The molecular formula is C17H34IN3O3. The van der Waals surface area contributed by atoms with Crippen LogP contribution in [-0.2, 0) is 14.3 Å². The van der Waals surface area contributed by atoms with Crippen LogP contribution in [0.2, 0.25) is 0 Å². The lowest BCUT2D eigenvalue weighted by Gasteiger charge is -2.26. The average Bonchev–Trinajstić information content (AvgIpc) is 2.56. The number of hydrogen-bond donors (Lipinski definition) is 1. The minimum absolute atomic E-state index is 0. The van der Waals surface area contributed by atoms with Crippen molar-refractivity contribution in [1.82, 2.24) is 10.2 Å². The quantitative estimate of drug-likeness (QED) is 0.191. The molecule has 1 fully saturated rings. The molecule has 1 aliphatic rings. The molecule has 0 aliphatic carbocycles. The highest BCUT2D eigenvalue weighted by atomic mass is 127. The molecule has 24 heavy (non-hydrogen) atoms. The molecule has 1 saturated heterocycles. The summed E-state index contributed by atoms with van der Waals surface area (Å²) in [5.41, 5.74) is 0. The molecule has 0 atom stereocenters. The maximum Gasteiger partial charge on any atom is 0.305 e. The number of rotatable bonds is 9. The molecule has 1 rings (SSSR count). The predicted molar refractivity (Wildman–Crippen MR) is 108 cm³/mol. The summed E-state index contributed by atoms with van der Waals surface area (Å²) in [6.07, 6.45) is 4.67. The van der Waals surface area contributed by atoms with Crippen molar-refractivity contribution in [2.45, 2.75) is 46.0 Å². The molecule has 0 amide bonds. The van der Waals surface area contributed by atoms with Gasteiger partial charge in [0.1, 0.15) is 0 Å². The third kappa shape index (κ3) is 10.3. The summed E-state index contributed by atoms with van der Waals surface area (Å²) in [5.74, 6) is 1.54. The number of nitrogens with zero attached hydrogens (tertiary/aromatic N) is 2. The van der Waals surface area contributed by atoms with Crippen LogP contribution in [-0.4, -0.2) is 63.3 Å². The van der Waals surface area contributed by atoms with Gasteiger partial charge in [0.15, 0.2) is 5.96 Å². The normalized spacial score (nSPS) is 15.5. The second-order valence-corrected chi connectivity index (χ2v) is 5.91. The lowest BCUT2D eigenvalue weighted by Crippen LogP contribution is -2.40. The number of aliphatic imine (C=N–C) groups is 1. The third-order valence-electron chi connectivity index (χ3n) is 4.02. The van der Waals surface area contributed by atoms with E-state index in [1.807, 2.05) is 6.92 Å². The number of halogens is 1. The number of ether oxygens (including phenoxy) is 2. The molecular weight excluding hydrogens is 421 g/mol. The summed E-state index contributed by atoms with van der Waals surface area (Å²) in [7, 11) is 2.08. The van der Waals surface area contributed by atoms with E-state index in [0.29, 0.717) is 19.6 Å². The Labute approximate surface area is 163 Å². The van der Waals surface area contributed by atoms with Crippen molar-refractivity contribution in [3.63, 3.8) is 0 Å². The van der Waals surface area contributed by atoms with Crippen molar-refractivity contribution < 1.29 is 14.3 Å². The van der Waals surface area contributed by atoms with Crippen molar-refractivity contribution in [2.75, 3.05) is 46.5 Å². The molecule has 0 aromatic rings. The Bertz CT molecular complexity index is 361. The molecule has 1 N–H and O–H groups in total. The summed E-state index contributed by atoms with van der Waals surface area (Å²) in [4.78, 5) is 18.1. The van der Waals surface area contributed by atoms with Crippen molar-refractivity contribution in [3.05, 3.63) is 0 Å². The average molecular weight is 455 g/mol. The first-order valence-electron chi connectivity index (χ1n) is 8.90. The Kier molecular flexibility index (Phi) is 14.4. The van der Waals surface area contributed by atoms with E-state index in [1.165, 1.54) is 19.3 Å². The van der Waals surface area contributed by atoms with E-state index >= 15 is 0 Å². The summed E-state index contributed by atoms with van der Waals surface area (Å²) in [6, 6.07) is 0. The first-order valence-corrected chi connectivity index (χ1v) is 8.90. The van der Waals surface area contributed by atoms with Crippen LogP contribution in [0, 0.1) is 5.92 Å². The van der Waals surface area contributed by atoms with Gasteiger partial charge in [-0.05, 0) is 45.4 Å². The zero-order chi connectivity index (χ0) is 16.9. The molecule has 1 heterocycles. The van der Waals surface area contributed by atoms with Gasteiger partial charge in [0, 0.05) is 46.3 Å². The molecule has 0 spiro atoms. The SMILES string of the molecule is CCNC(=NCCCC(=O)OCC)N(C)CCC1CCOCC1.I. The van der Waals surface area contributed by atoms with Gasteiger partial charge in [-0.2, -0.15) is 0 Å². The largest absolute Gasteiger partial charge is 0.466 e. The number of carbonyl (C=O) groups is 1. The van der Waals surface area contributed by atoms with Crippen molar-refractivity contribution in [1.29, 1.82) is 0 Å². The lowest BCUT2D eigenvalue weighted by atomic mass is 9.96. The number of carbonyl (C=O) groups excluding carboxylic acids is 1. The smallest absolute Gasteiger partial charge is 0.305 e. The second kappa shape index (κ2) is 14.7. The molecule has 6 nitrogen and oxygen atoms in total. The van der Waals surface area contributed by atoms with Gasteiger partial charge in [-0.1, -0.05) is 0 Å². The van der Waals surface area contributed by atoms with Gasteiger partial charge in [0.2, 0.25) is 0 Å². The monoisotopic (exact) mass is 455 g/mol.